The lowest BCUT2D eigenvalue weighted by molar-refractivity contribution is 0.168. The molecule has 2 N–H and O–H groups in total. The Morgan fingerprint density at radius 1 is 1.09 bits per heavy atom. The normalized spacial score (nSPS) is 20.2. The summed E-state index contributed by atoms with van der Waals surface area (Å²) in [7, 11) is 0. The molecule has 2 rings (SSSR count). The summed E-state index contributed by atoms with van der Waals surface area (Å²) in [6.45, 7) is 5.26. The van der Waals surface area contributed by atoms with Crippen molar-refractivity contribution in [3.63, 3.8) is 0 Å². The number of nitrogens with one attached hydrogen (secondary N) is 1. The van der Waals surface area contributed by atoms with E-state index in [2.05, 4.69) is 10.2 Å². The summed E-state index contributed by atoms with van der Waals surface area (Å²) in [5, 5.41) is 12.2. The van der Waals surface area contributed by atoms with Crippen LogP contribution in [-0.2, 0) is 0 Å². The maximum absolute atomic E-state index is 12.3. The van der Waals surface area contributed by atoms with E-state index in [4.69, 9.17) is 0 Å². The van der Waals surface area contributed by atoms with E-state index in [1.165, 1.54) is 44.9 Å². The number of carbonyl (C=O) groups is 1. The molecule has 0 spiro atoms. The quantitative estimate of drug-likeness (QED) is 0.721. The second-order valence-electron chi connectivity index (χ2n) is 6.78. The van der Waals surface area contributed by atoms with Crippen LogP contribution >= 0.6 is 0 Å². The van der Waals surface area contributed by atoms with Crippen molar-refractivity contribution in [1.29, 1.82) is 0 Å². The molecule has 1 saturated heterocycles. The molecule has 0 aromatic carbocycles. The highest BCUT2D eigenvalue weighted by molar-refractivity contribution is 5.74. The van der Waals surface area contributed by atoms with Crippen LogP contribution < -0.4 is 5.32 Å². The van der Waals surface area contributed by atoms with Gasteiger partial charge in [-0.25, -0.2) is 4.79 Å². The van der Waals surface area contributed by atoms with Crippen LogP contribution in [0.4, 0.5) is 4.79 Å². The van der Waals surface area contributed by atoms with Crippen LogP contribution in [0.2, 0.25) is 0 Å². The number of amides is 2. The first-order valence-electron chi connectivity index (χ1n) is 9.15. The SMILES string of the molecule is O=C(NCCN1CCCC1)N(CCO)CCC1CCCCC1. The van der Waals surface area contributed by atoms with Crippen molar-refractivity contribution in [2.24, 2.45) is 5.92 Å². The first kappa shape index (κ1) is 17.5. The number of hydrogen-bond donors (Lipinski definition) is 2. The highest BCUT2D eigenvalue weighted by Crippen LogP contribution is 2.26. The molecule has 0 aromatic rings. The van der Waals surface area contributed by atoms with Gasteiger partial charge in [-0.05, 0) is 38.3 Å². The number of likely N-dealkylation sites (tertiary alicyclic amines) is 1. The van der Waals surface area contributed by atoms with E-state index >= 15 is 0 Å². The van der Waals surface area contributed by atoms with Gasteiger partial charge in [0, 0.05) is 26.2 Å². The summed E-state index contributed by atoms with van der Waals surface area (Å²) < 4.78 is 0. The molecule has 1 saturated carbocycles. The van der Waals surface area contributed by atoms with Crippen LogP contribution in [0.25, 0.3) is 0 Å². The summed E-state index contributed by atoms with van der Waals surface area (Å²) in [5.74, 6) is 0.771. The number of aliphatic hydroxyl groups excluding tert-OH is 1. The van der Waals surface area contributed by atoms with E-state index < -0.39 is 0 Å². The van der Waals surface area contributed by atoms with Crippen molar-refractivity contribution >= 4 is 6.03 Å². The Bertz CT molecular complexity index is 313. The van der Waals surface area contributed by atoms with Crippen molar-refractivity contribution in [3.8, 4) is 0 Å². The molecule has 5 heteroatoms. The largest absolute Gasteiger partial charge is 0.395 e. The standard InChI is InChI=1S/C17H33N3O2/c21-15-14-20(12-8-16-6-2-1-3-7-16)17(22)18-9-13-19-10-4-5-11-19/h16,21H,1-15H2,(H,18,22). The second kappa shape index (κ2) is 10.1. The third kappa shape index (κ3) is 6.13. The van der Waals surface area contributed by atoms with Crippen molar-refractivity contribution in [2.45, 2.75) is 51.4 Å². The molecule has 1 aliphatic heterocycles. The molecule has 0 unspecified atom stereocenters. The number of nitrogens with zero attached hydrogens (tertiary/aromatic N) is 2. The zero-order valence-electron chi connectivity index (χ0n) is 13.9. The minimum absolute atomic E-state index is 0.0101. The lowest BCUT2D eigenvalue weighted by Gasteiger charge is -2.27. The molecule has 0 atom stereocenters. The minimum atomic E-state index is -0.0101. The van der Waals surface area contributed by atoms with Crippen LogP contribution in [0, 0.1) is 5.92 Å². The number of rotatable bonds is 8. The van der Waals surface area contributed by atoms with Crippen LogP contribution in [0.15, 0.2) is 0 Å². The Morgan fingerprint density at radius 3 is 2.50 bits per heavy atom. The first-order valence-corrected chi connectivity index (χ1v) is 9.15. The van der Waals surface area contributed by atoms with E-state index in [0.717, 1.165) is 38.5 Å². The van der Waals surface area contributed by atoms with Gasteiger partial charge in [-0.2, -0.15) is 0 Å². The predicted octanol–water partition coefficient (Wildman–Crippen LogP) is 2.06. The first-order chi connectivity index (χ1) is 10.8. The summed E-state index contributed by atoms with van der Waals surface area (Å²) in [5.41, 5.74) is 0. The van der Waals surface area contributed by atoms with Gasteiger partial charge in [0.05, 0.1) is 6.61 Å². The van der Waals surface area contributed by atoms with E-state index in [1.54, 1.807) is 4.90 Å². The summed E-state index contributed by atoms with van der Waals surface area (Å²) in [6.07, 6.45) is 10.3. The zero-order chi connectivity index (χ0) is 15.6. The fraction of sp³-hybridized carbons (Fsp3) is 0.941. The van der Waals surface area contributed by atoms with Crippen molar-refractivity contribution < 1.29 is 9.90 Å². The number of carbonyl (C=O) groups excluding carboxylic acids is 1. The average molecular weight is 311 g/mol. The fourth-order valence-electron chi connectivity index (χ4n) is 3.69. The summed E-state index contributed by atoms with van der Waals surface area (Å²) >= 11 is 0. The van der Waals surface area contributed by atoms with Crippen LogP contribution in [0.3, 0.4) is 0 Å². The molecule has 128 valence electrons. The van der Waals surface area contributed by atoms with Crippen LogP contribution in [0.5, 0.6) is 0 Å². The molecule has 0 aromatic heterocycles. The van der Waals surface area contributed by atoms with Gasteiger partial charge >= 0.3 is 6.03 Å². The maximum atomic E-state index is 12.3. The Hall–Kier alpha value is -0.810. The molecule has 1 heterocycles. The summed E-state index contributed by atoms with van der Waals surface area (Å²) in [6, 6.07) is -0.0101. The Kier molecular flexibility index (Phi) is 8.02. The Morgan fingerprint density at radius 2 is 1.82 bits per heavy atom. The Balaban J connectivity index is 1.65. The molecule has 0 radical (unpaired) electrons. The predicted molar refractivity (Wildman–Crippen MR) is 88.9 cm³/mol. The van der Waals surface area contributed by atoms with E-state index in [1.807, 2.05) is 0 Å². The molecule has 2 fully saturated rings. The zero-order valence-corrected chi connectivity index (χ0v) is 13.9. The Labute approximate surface area is 135 Å². The molecule has 22 heavy (non-hydrogen) atoms. The van der Waals surface area contributed by atoms with Crippen molar-refractivity contribution in [1.82, 2.24) is 15.1 Å². The van der Waals surface area contributed by atoms with Crippen LogP contribution in [-0.4, -0.2) is 66.8 Å². The van der Waals surface area contributed by atoms with Gasteiger partial charge in [0.1, 0.15) is 0 Å². The maximum Gasteiger partial charge on any atom is 0.317 e. The monoisotopic (exact) mass is 311 g/mol. The molecule has 2 amide bonds. The van der Waals surface area contributed by atoms with Crippen molar-refractivity contribution in [2.75, 3.05) is 45.9 Å². The number of urea groups is 1. The third-order valence-electron chi connectivity index (χ3n) is 5.09. The van der Waals surface area contributed by atoms with Gasteiger partial charge in [-0.3, -0.25) is 0 Å². The van der Waals surface area contributed by atoms with E-state index in [-0.39, 0.29) is 12.6 Å². The second-order valence-corrected chi connectivity index (χ2v) is 6.78. The molecule has 2 aliphatic rings. The molecular weight excluding hydrogens is 278 g/mol. The molecule has 1 aliphatic carbocycles. The summed E-state index contributed by atoms with van der Waals surface area (Å²) in [4.78, 5) is 16.5. The van der Waals surface area contributed by atoms with Gasteiger partial charge in [0.2, 0.25) is 0 Å². The van der Waals surface area contributed by atoms with Gasteiger partial charge in [0.25, 0.3) is 0 Å². The van der Waals surface area contributed by atoms with Gasteiger partial charge in [-0.15, -0.1) is 0 Å². The lowest BCUT2D eigenvalue weighted by atomic mass is 9.87. The number of aliphatic hydroxyl groups is 1. The third-order valence-corrected chi connectivity index (χ3v) is 5.09. The highest BCUT2D eigenvalue weighted by Gasteiger charge is 2.18. The van der Waals surface area contributed by atoms with Crippen LogP contribution in [0.1, 0.15) is 51.4 Å². The smallest absolute Gasteiger partial charge is 0.317 e. The molecule has 0 bridgehead atoms. The fourth-order valence-corrected chi connectivity index (χ4v) is 3.69. The van der Waals surface area contributed by atoms with E-state index in [9.17, 15) is 9.90 Å². The average Bonchev–Trinajstić information content (AvgIpc) is 3.05. The van der Waals surface area contributed by atoms with E-state index in [0.29, 0.717) is 13.1 Å². The molecular formula is C17H33N3O2. The van der Waals surface area contributed by atoms with Gasteiger partial charge < -0.3 is 20.2 Å². The highest BCUT2D eigenvalue weighted by atomic mass is 16.3. The van der Waals surface area contributed by atoms with Gasteiger partial charge in [0.15, 0.2) is 0 Å². The minimum Gasteiger partial charge on any atom is -0.395 e. The molecule has 5 nitrogen and oxygen atoms in total. The van der Waals surface area contributed by atoms with Gasteiger partial charge in [-0.1, -0.05) is 32.1 Å². The topological polar surface area (TPSA) is 55.8 Å². The van der Waals surface area contributed by atoms with Crippen molar-refractivity contribution in [3.05, 3.63) is 0 Å². The number of hydrogen-bond acceptors (Lipinski definition) is 3. The lowest BCUT2D eigenvalue weighted by Crippen LogP contribution is -2.44.